The number of benzene rings is 3. The van der Waals surface area contributed by atoms with Crippen molar-refractivity contribution in [1.29, 1.82) is 0 Å². The third-order valence-corrected chi connectivity index (χ3v) is 6.94. The molecule has 0 radical (unpaired) electrons. The van der Waals surface area contributed by atoms with E-state index < -0.39 is 21.9 Å². The van der Waals surface area contributed by atoms with E-state index in [0.717, 1.165) is 5.56 Å². The van der Waals surface area contributed by atoms with Crippen LogP contribution in [0.2, 0.25) is 0 Å². The van der Waals surface area contributed by atoms with Gasteiger partial charge in [0.15, 0.2) is 5.13 Å². The van der Waals surface area contributed by atoms with Gasteiger partial charge in [0.05, 0.1) is 34.5 Å². The molecule has 172 valence electrons. The molecule has 0 aliphatic rings. The van der Waals surface area contributed by atoms with Gasteiger partial charge in [0.25, 0.3) is 15.9 Å². The summed E-state index contributed by atoms with van der Waals surface area (Å²) in [6.07, 6.45) is 0. The van der Waals surface area contributed by atoms with Crippen molar-refractivity contribution in [2.45, 2.75) is 4.90 Å². The predicted molar refractivity (Wildman–Crippen MR) is 131 cm³/mol. The van der Waals surface area contributed by atoms with Gasteiger partial charge in [-0.3, -0.25) is 14.8 Å². The number of methoxy groups -OCH3 is 1. The summed E-state index contributed by atoms with van der Waals surface area (Å²) in [6, 6.07) is 21.0. The summed E-state index contributed by atoms with van der Waals surface area (Å²) in [7, 11) is -2.55. The summed E-state index contributed by atoms with van der Waals surface area (Å²) in [4.78, 5) is 29.0. The zero-order valence-electron chi connectivity index (χ0n) is 17.9. The molecule has 4 rings (SSSR count). The Kier molecular flexibility index (Phi) is 6.71. The van der Waals surface area contributed by atoms with Crippen LogP contribution in [0.3, 0.4) is 0 Å². The lowest BCUT2D eigenvalue weighted by atomic mass is 10.1. The maximum Gasteiger partial charge on any atom is 0.337 e. The molecule has 0 aliphatic carbocycles. The average molecular weight is 494 g/mol. The van der Waals surface area contributed by atoms with Crippen molar-refractivity contribution in [1.82, 2.24) is 4.98 Å². The van der Waals surface area contributed by atoms with Gasteiger partial charge in [-0.15, -0.1) is 11.3 Å². The number of esters is 1. The Labute approximate surface area is 200 Å². The molecule has 0 unspecified atom stereocenters. The zero-order valence-corrected chi connectivity index (χ0v) is 19.5. The lowest BCUT2D eigenvalue weighted by Crippen LogP contribution is -2.18. The van der Waals surface area contributed by atoms with E-state index in [1.807, 2.05) is 0 Å². The van der Waals surface area contributed by atoms with Crippen molar-refractivity contribution in [3.8, 4) is 11.3 Å². The van der Waals surface area contributed by atoms with Crippen LogP contribution in [0.15, 0.2) is 89.1 Å². The summed E-state index contributed by atoms with van der Waals surface area (Å²) in [5.41, 5.74) is 2.11. The van der Waals surface area contributed by atoms with E-state index in [2.05, 4.69) is 15.0 Å². The SMILES string of the molecule is COC(=O)c1ccc(-c2csc(NC(=O)c3ccccc3NS(=O)(=O)c3ccccc3)n2)cc1. The van der Waals surface area contributed by atoms with Crippen molar-refractivity contribution < 1.29 is 22.7 Å². The van der Waals surface area contributed by atoms with Crippen molar-refractivity contribution in [3.63, 3.8) is 0 Å². The molecule has 0 spiro atoms. The van der Waals surface area contributed by atoms with E-state index in [1.54, 1.807) is 60.0 Å². The van der Waals surface area contributed by atoms with Crippen molar-refractivity contribution in [2.24, 2.45) is 0 Å². The van der Waals surface area contributed by atoms with Crippen LogP contribution in [0, 0.1) is 0 Å². The minimum atomic E-state index is -3.86. The molecule has 0 aliphatic heterocycles. The van der Waals surface area contributed by atoms with Crippen molar-refractivity contribution >= 4 is 44.1 Å². The molecule has 0 atom stereocenters. The summed E-state index contributed by atoms with van der Waals surface area (Å²) >= 11 is 1.22. The van der Waals surface area contributed by atoms with Gasteiger partial charge in [0.1, 0.15) is 0 Å². The highest BCUT2D eigenvalue weighted by atomic mass is 32.2. The average Bonchev–Trinajstić information content (AvgIpc) is 3.32. The van der Waals surface area contributed by atoms with E-state index in [-0.39, 0.29) is 16.1 Å². The van der Waals surface area contributed by atoms with Crippen molar-refractivity contribution in [3.05, 3.63) is 95.4 Å². The maximum atomic E-state index is 12.9. The van der Waals surface area contributed by atoms with Crippen LogP contribution in [0.25, 0.3) is 11.3 Å². The summed E-state index contributed by atoms with van der Waals surface area (Å²) < 4.78 is 32.6. The van der Waals surface area contributed by atoms with Crippen LogP contribution in [-0.2, 0) is 14.8 Å². The van der Waals surface area contributed by atoms with E-state index in [0.29, 0.717) is 16.4 Å². The number of para-hydroxylation sites is 1. The molecule has 4 aromatic rings. The molecule has 0 saturated carbocycles. The first-order valence-electron chi connectivity index (χ1n) is 10.00. The van der Waals surface area contributed by atoms with Gasteiger partial charge in [-0.25, -0.2) is 18.2 Å². The number of aromatic nitrogens is 1. The molecule has 1 aromatic heterocycles. The van der Waals surface area contributed by atoms with E-state index >= 15 is 0 Å². The number of carbonyl (C=O) groups excluding carboxylic acids is 2. The lowest BCUT2D eigenvalue weighted by Gasteiger charge is -2.12. The standard InChI is InChI=1S/C24H19N3O5S2/c1-32-23(29)17-13-11-16(12-14-17)21-15-33-24(25-21)26-22(28)19-9-5-6-10-20(19)27-34(30,31)18-7-3-2-4-8-18/h2-15,27H,1H3,(H,25,26,28). The number of anilines is 2. The van der Waals surface area contributed by atoms with Gasteiger partial charge in [-0.1, -0.05) is 42.5 Å². The number of rotatable bonds is 7. The van der Waals surface area contributed by atoms with Crippen LogP contribution in [-0.4, -0.2) is 32.4 Å². The first-order valence-corrected chi connectivity index (χ1v) is 12.4. The van der Waals surface area contributed by atoms with Gasteiger partial charge in [-0.2, -0.15) is 0 Å². The lowest BCUT2D eigenvalue weighted by molar-refractivity contribution is 0.0600. The van der Waals surface area contributed by atoms with Crippen LogP contribution in [0.4, 0.5) is 10.8 Å². The third kappa shape index (κ3) is 5.13. The number of carbonyl (C=O) groups is 2. The maximum absolute atomic E-state index is 12.9. The minimum absolute atomic E-state index is 0.0907. The van der Waals surface area contributed by atoms with Crippen LogP contribution in [0.1, 0.15) is 20.7 Å². The zero-order chi connectivity index (χ0) is 24.1. The fraction of sp³-hybridized carbons (Fsp3) is 0.0417. The Hall–Kier alpha value is -4.02. The second-order valence-electron chi connectivity index (χ2n) is 7.03. The van der Waals surface area contributed by atoms with Gasteiger partial charge in [-0.05, 0) is 36.4 Å². The molecule has 10 heteroatoms. The fourth-order valence-electron chi connectivity index (χ4n) is 3.10. The summed E-state index contributed by atoms with van der Waals surface area (Å²) in [5, 5.41) is 4.83. The molecule has 8 nitrogen and oxygen atoms in total. The third-order valence-electron chi connectivity index (χ3n) is 4.80. The predicted octanol–water partition coefficient (Wildman–Crippen LogP) is 4.65. The number of hydrogen-bond acceptors (Lipinski definition) is 7. The summed E-state index contributed by atoms with van der Waals surface area (Å²) in [6.45, 7) is 0. The fourth-order valence-corrected chi connectivity index (χ4v) is 4.91. The Morgan fingerprint density at radius 2 is 1.59 bits per heavy atom. The number of thiazole rings is 1. The van der Waals surface area contributed by atoms with Gasteiger partial charge < -0.3 is 4.74 Å². The highest BCUT2D eigenvalue weighted by molar-refractivity contribution is 7.92. The Balaban J connectivity index is 1.51. The highest BCUT2D eigenvalue weighted by Gasteiger charge is 2.19. The van der Waals surface area contributed by atoms with Crippen LogP contribution < -0.4 is 10.0 Å². The topological polar surface area (TPSA) is 114 Å². The molecular formula is C24H19N3O5S2. The second kappa shape index (κ2) is 9.86. The van der Waals surface area contributed by atoms with Crippen molar-refractivity contribution in [2.75, 3.05) is 17.1 Å². The first kappa shape index (κ1) is 23.1. The molecule has 2 N–H and O–H groups in total. The van der Waals surface area contributed by atoms with Crippen LogP contribution in [0.5, 0.6) is 0 Å². The number of amides is 1. The molecule has 0 bridgehead atoms. The minimum Gasteiger partial charge on any atom is -0.465 e. The van der Waals surface area contributed by atoms with Gasteiger partial charge in [0.2, 0.25) is 0 Å². The smallest absolute Gasteiger partial charge is 0.337 e. The number of hydrogen-bond donors (Lipinski definition) is 2. The normalized spacial score (nSPS) is 11.0. The first-order chi connectivity index (χ1) is 16.4. The van der Waals surface area contributed by atoms with E-state index in [9.17, 15) is 18.0 Å². The summed E-state index contributed by atoms with van der Waals surface area (Å²) in [5.74, 6) is -0.937. The number of ether oxygens (including phenoxy) is 1. The molecule has 0 saturated heterocycles. The monoisotopic (exact) mass is 493 g/mol. The number of nitrogens with one attached hydrogen (secondary N) is 2. The molecule has 0 fully saturated rings. The quantitative estimate of drug-likeness (QED) is 0.362. The Morgan fingerprint density at radius 1 is 0.912 bits per heavy atom. The van der Waals surface area contributed by atoms with Gasteiger partial charge in [0, 0.05) is 10.9 Å². The Bertz CT molecular complexity index is 1430. The molecule has 1 heterocycles. The number of sulfonamides is 1. The molecule has 34 heavy (non-hydrogen) atoms. The molecular weight excluding hydrogens is 474 g/mol. The van der Waals surface area contributed by atoms with E-state index in [1.165, 1.54) is 42.7 Å². The van der Waals surface area contributed by atoms with E-state index in [4.69, 9.17) is 4.74 Å². The largest absolute Gasteiger partial charge is 0.465 e. The van der Waals surface area contributed by atoms with Gasteiger partial charge >= 0.3 is 5.97 Å². The molecule has 1 amide bonds. The Morgan fingerprint density at radius 3 is 2.29 bits per heavy atom. The number of nitrogens with zero attached hydrogens (tertiary/aromatic N) is 1. The highest BCUT2D eigenvalue weighted by Crippen LogP contribution is 2.27. The second-order valence-corrected chi connectivity index (χ2v) is 9.57. The molecule has 3 aromatic carbocycles. The van der Waals surface area contributed by atoms with Crippen LogP contribution >= 0.6 is 11.3 Å².